The Morgan fingerprint density at radius 2 is 1.84 bits per heavy atom. The van der Waals surface area contributed by atoms with Crippen molar-refractivity contribution in [1.29, 1.82) is 5.26 Å². The van der Waals surface area contributed by atoms with E-state index >= 15 is 0 Å². The molecule has 25 heavy (non-hydrogen) atoms. The second-order valence-corrected chi connectivity index (χ2v) is 5.63. The maximum Gasteiger partial charge on any atom is 0.416 e. The van der Waals surface area contributed by atoms with E-state index < -0.39 is 11.7 Å². The summed E-state index contributed by atoms with van der Waals surface area (Å²) in [7, 11) is 0. The van der Waals surface area contributed by atoms with E-state index in [2.05, 4.69) is 5.10 Å². The molecule has 0 aliphatic heterocycles. The first kappa shape index (κ1) is 16.9. The van der Waals surface area contributed by atoms with E-state index in [4.69, 9.17) is 17.3 Å². The summed E-state index contributed by atoms with van der Waals surface area (Å²) in [5.74, 6) is 0.0252. The van der Waals surface area contributed by atoms with Crippen molar-refractivity contribution < 1.29 is 13.2 Å². The van der Waals surface area contributed by atoms with Crippen LogP contribution < -0.4 is 5.73 Å². The van der Waals surface area contributed by atoms with Gasteiger partial charge in [-0.15, -0.1) is 0 Å². The number of rotatable bonds is 2. The highest BCUT2D eigenvalue weighted by atomic mass is 35.5. The van der Waals surface area contributed by atoms with E-state index in [0.29, 0.717) is 10.7 Å². The number of aromatic nitrogens is 2. The monoisotopic (exact) mass is 362 g/mol. The summed E-state index contributed by atoms with van der Waals surface area (Å²) in [5, 5.41) is 14.0. The number of hydrogen-bond acceptors (Lipinski definition) is 3. The first-order valence-electron chi connectivity index (χ1n) is 7.03. The number of nitrogens with two attached hydrogens (primary N) is 1. The maximum atomic E-state index is 12.9. The van der Waals surface area contributed by atoms with Gasteiger partial charge >= 0.3 is 6.18 Å². The number of benzene rings is 2. The summed E-state index contributed by atoms with van der Waals surface area (Å²) >= 11 is 5.94. The van der Waals surface area contributed by atoms with Gasteiger partial charge in [-0.25, -0.2) is 4.68 Å². The lowest BCUT2D eigenvalue weighted by molar-refractivity contribution is -0.137. The zero-order valence-electron chi connectivity index (χ0n) is 12.5. The third-order valence-electron chi connectivity index (χ3n) is 3.55. The Labute approximate surface area is 145 Å². The molecule has 0 saturated carbocycles. The molecule has 4 nitrogen and oxygen atoms in total. The Morgan fingerprint density at radius 1 is 1.12 bits per heavy atom. The summed E-state index contributed by atoms with van der Waals surface area (Å²) < 4.78 is 40.1. The summed E-state index contributed by atoms with van der Waals surface area (Å²) in [6.45, 7) is 0. The number of anilines is 1. The average molecular weight is 363 g/mol. The fourth-order valence-corrected chi connectivity index (χ4v) is 2.58. The molecule has 0 unspecified atom stereocenters. The molecular formula is C17H10ClF3N4. The Hall–Kier alpha value is -2.98. The van der Waals surface area contributed by atoms with Crippen molar-refractivity contribution in [3.05, 3.63) is 64.7 Å². The van der Waals surface area contributed by atoms with E-state index in [-0.39, 0.29) is 22.6 Å². The van der Waals surface area contributed by atoms with Gasteiger partial charge < -0.3 is 5.73 Å². The number of halogens is 4. The fourth-order valence-electron chi connectivity index (χ4n) is 2.39. The zero-order valence-corrected chi connectivity index (χ0v) is 13.3. The largest absolute Gasteiger partial charge is 0.416 e. The van der Waals surface area contributed by atoms with Crippen molar-refractivity contribution in [2.24, 2.45) is 0 Å². The van der Waals surface area contributed by atoms with Gasteiger partial charge in [-0.05, 0) is 30.3 Å². The molecule has 1 heterocycles. The molecule has 2 aromatic carbocycles. The van der Waals surface area contributed by atoms with E-state index in [1.54, 1.807) is 24.3 Å². The number of nitrogens with zero attached hydrogens (tertiary/aromatic N) is 3. The van der Waals surface area contributed by atoms with Gasteiger partial charge in [0.25, 0.3) is 0 Å². The van der Waals surface area contributed by atoms with Gasteiger partial charge in [0.1, 0.15) is 23.1 Å². The minimum atomic E-state index is -4.50. The molecule has 1 aromatic heterocycles. The number of alkyl halides is 3. The van der Waals surface area contributed by atoms with Crippen molar-refractivity contribution >= 4 is 17.4 Å². The summed E-state index contributed by atoms with van der Waals surface area (Å²) in [6, 6.07) is 13.1. The van der Waals surface area contributed by atoms with Crippen LogP contribution in [-0.2, 0) is 6.18 Å². The quantitative estimate of drug-likeness (QED) is 0.720. The molecule has 0 radical (unpaired) electrons. The van der Waals surface area contributed by atoms with Crippen LogP contribution in [0.15, 0.2) is 48.5 Å². The normalized spacial score (nSPS) is 11.3. The van der Waals surface area contributed by atoms with Crippen LogP contribution in [0.5, 0.6) is 0 Å². The second kappa shape index (κ2) is 6.15. The van der Waals surface area contributed by atoms with Crippen molar-refractivity contribution in [2.45, 2.75) is 6.18 Å². The predicted molar refractivity (Wildman–Crippen MR) is 88.1 cm³/mol. The molecule has 3 rings (SSSR count). The highest BCUT2D eigenvalue weighted by Crippen LogP contribution is 2.34. The molecule has 0 aliphatic carbocycles. The highest BCUT2D eigenvalue weighted by Gasteiger charge is 2.31. The van der Waals surface area contributed by atoms with Crippen LogP contribution in [0.2, 0.25) is 5.02 Å². The van der Waals surface area contributed by atoms with E-state index in [9.17, 15) is 18.4 Å². The molecule has 0 spiro atoms. The van der Waals surface area contributed by atoms with Crippen LogP contribution in [0.3, 0.4) is 0 Å². The number of nitriles is 1. The van der Waals surface area contributed by atoms with Crippen molar-refractivity contribution in [2.75, 3.05) is 5.73 Å². The summed E-state index contributed by atoms with van der Waals surface area (Å²) in [4.78, 5) is 0. The molecule has 0 bridgehead atoms. The van der Waals surface area contributed by atoms with Crippen LogP contribution in [-0.4, -0.2) is 9.78 Å². The van der Waals surface area contributed by atoms with Crippen LogP contribution in [0.4, 0.5) is 19.0 Å². The van der Waals surface area contributed by atoms with E-state index in [1.807, 2.05) is 6.07 Å². The Balaban J connectivity index is 2.19. The molecule has 2 N–H and O–H groups in total. The zero-order chi connectivity index (χ0) is 18.2. The van der Waals surface area contributed by atoms with Crippen LogP contribution in [0, 0.1) is 11.3 Å². The lowest BCUT2D eigenvalue weighted by atomic mass is 10.0. The van der Waals surface area contributed by atoms with Crippen molar-refractivity contribution in [3.63, 3.8) is 0 Å². The third-order valence-corrected chi connectivity index (χ3v) is 3.78. The van der Waals surface area contributed by atoms with Crippen LogP contribution in [0.1, 0.15) is 11.1 Å². The van der Waals surface area contributed by atoms with E-state index in [1.165, 1.54) is 16.8 Å². The Kier molecular flexibility index (Phi) is 4.15. The van der Waals surface area contributed by atoms with Gasteiger partial charge in [-0.2, -0.15) is 23.5 Å². The third kappa shape index (κ3) is 3.16. The van der Waals surface area contributed by atoms with Gasteiger partial charge in [-0.1, -0.05) is 29.8 Å². The molecule has 0 atom stereocenters. The standard InChI is InChI=1S/C17H10ClF3N4/c18-12-5-2-6-13(8-12)25-16(23)14(9-22)15(24-25)10-3-1-4-11(7-10)17(19,20)21/h1-8H,23H2. The molecule has 126 valence electrons. The molecule has 8 heteroatoms. The molecule has 0 amide bonds. The number of hydrogen-bond donors (Lipinski definition) is 1. The lowest BCUT2D eigenvalue weighted by Gasteiger charge is -2.07. The Bertz CT molecular complexity index is 986. The average Bonchev–Trinajstić information content (AvgIpc) is 2.91. The van der Waals surface area contributed by atoms with Crippen LogP contribution in [0.25, 0.3) is 16.9 Å². The van der Waals surface area contributed by atoms with Gasteiger partial charge in [0, 0.05) is 10.6 Å². The minimum Gasteiger partial charge on any atom is -0.382 e. The maximum absolute atomic E-state index is 12.9. The van der Waals surface area contributed by atoms with Gasteiger partial charge in [0.05, 0.1) is 11.3 Å². The number of nitrogen functional groups attached to an aromatic ring is 1. The van der Waals surface area contributed by atoms with Gasteiger partial charge in [0.15, 0.2) is 0 Å². The lowest BCUT2D eigenvalue weighted by Crippen LogP contribution is -2.04. The minimum absolute atomic E-state index is 0.000648. The van der Waals surface area contributed by atoms with Crippen molar-refractivity contribution in [3.8, 4) is 23.0 Å². The highest BCUT2D eigenvalue weighted by molar-refractivity contribution is 6.30. The Morgan fingerprint density at radius 3 is 2.48 bits per heavy atom. The summed E-state index contributed by atoms with van der Waals surface area (Å²) in [6.07, 6.45) is -4.50. The first-order valence-corrected chi connectivity index (χ1v) is 7.41. The fraction of sp³-hybridized carbons (Fsp3) is 0.0588. The van der Waals surface area contributed by atoms with E-state index in [0.717, 1.165) is 12.1 Å². The molecule has 0 fully saturated rings. The molecular weight excluding hydrogens is 353 g/mol. The SMILES string of the molecule is N#Cc1c(-c2cccc(C(F)(F)F)c2)nn(-c2cccc(Cl)c2)c1N. The molecule has 0 saturated heterocycles. The van der Waals surface area contributed by atoms with Gasteiger partial charge in [0.2, 0.25) is 0 Å². The smallest absolute Gasteiger partial charge is 0.382 e. The van der Waals surface area contributed by atoms with Gasteiger partial charge in [-0.3, -0.25) is 0 Å². The second-order valence-electron chi connectivity index (χ2n) is 5.19. The molecule has 0 aliphatic rings. The van der Waals surface area contributed by atoms with Crippen LogP contribution >= 0.6 is 11.6 Å². The molecule has 3 aromatic rings. The predicted octanol–water partition coefficient (Wildman–Crippen LogP) is 4.67. The topological polar surface area (TPSA) is 67.6 Å². The summed E-state index contributed by atoms with van der Waals surface area (Å²) in [5.41, 5.74) is 5.87. The first-order chi connectivity index (χ1) is 11.8. The van der Waals surface area contributed by atoms with Crippen molar-refractivity contribution in [1.82, 2.24) is 9.78 Å².